The van der Waals surface area contributed by atoms with E-state index in [4.69, 9.17) is 0 Å². The molecular formula is C17H21N3O2S. The number of nitrogens with zero attached hydrogens (tertiary/aromatic N) is 1. The lowest BCUT2D eigenvalue weighted by atomic mass is 10.1. The molecule has 2 amide bonds. The summed E-state index contributed by atoms with van der Waals surface area (Å²) in [6.45, 7) is 0.473. The summed E-state index contributed by atoms with van der Waals surface area (Å²) in [7, 11) is 3.96. The third-order valence-corrected chi connectivity index (χ3v) is 4.19. The van der Waals surface area contributed by atoms with E-state index in [0.717, 1.165) is 0 Å². The summed E-state index contributed by atoms with van der Waals surface area (Å²) in [5, 5.41) is 9.59. The third kappa shape index (κ3) is 5.19. The highest BCUT2D eigenvalue weighted by atomic mass is 32.1. The highest BCUT2D eigenvalue weighted by Crippen LogP contribution is 2.19. The molecule has 0 fully saturated rings. The molecule has 1 aromatic carbocycles. The Balaban J connectivity index is 1.79. The highest BCUT2D eigenvalue weighted by Gasteiger charge is 2.16. The van der Waals surface area contributed by atoms with E-state index in [1.807, 2.05) is 25.5 Å². The van der Waals surface area contributed by atoms with E-state index in [1.54, 1.807) is 35.6 Å². The SMILES string of the molecule is CN(C)[C@@H](CNC(=O)CNC(=O)c1ccccc1)c1ccsc1. The Morgan fingerprint density at radius 2 is 1.87 bits per heavy atom. The average Bonchev–Trinajstić information content (AvgIpc) is 3.07. The molecule has 0 spiro atoms. The molecule has 0 aliphatic rings. The van der Waals surface area contributed by atoms with Gasteiger partial charge in [-0.2, -0.15) is 11.3 Å². The van der Waals surface area contributed by atoms with Crippen LogP contribution < -0.4 is 10.6 Å². The summed E-state index contributed by atoms with van der Waals surface area (Å²) in [6, 6.07) is 11.0. The number of thiophene rings is 1. The molecule has 6 heteroatoms. The van der Waals surface area contributed by atoms with E-state index in [1.165, 1.54) is 5.56 Å². The lowest BCUT2D eigenvalue weighted by Crippen LogP contribution is -2.40. The molecule has 0 radical (unpaired) electrons. The van der Waals surface area contributed by atoms with Crippen LogP contribution in [0.1, 0.15) is 22.0 Å². The first kappa shape index (κ1) is 17.2. The van der Waals surface area contributed by atoms with E-state index >= 15 is 0 Å². The maximum absolute atomic E-state index is 11.9. The first-order chi connectivity index (χ1) is 11.1. The van der Waals surface area contributed by atoms with E-state index in [9.17, 15) is 9.59 Å². The zero-order valence-electron chi connectivity index (χ0n) is 13.3. The average molecular weight is 331 g/mol. The molecule has 1 atom stereocenters. The molecule has 0 bridgehead atoms. The lowest BCUT2D eigenvalue weighted by molar-refractivity contribution is -0.120. The Bertz CT molecular complexity index is 627. The third-order valence-electron chi connectivity index (χ3n) is 3.49. The van der Waals surface area contributed by atoms with Crippen molar-refractivity contribution >= 4 is 23.2 Å². The van der Waals surface area contributed by atoms with E-state index < -0.39 is 0 Å². The van der Waals surface area contributed by atoms with Gasteiger partial charge in [-0.25, -0.2) is 0 Å². The van der Waals surface area contributed by atoms with Gasteiger partial charge in [-0.3, -0.25) is 9.59 Å². The normalized spacial score (nSPS) is 12.0. The van der Waals surface area contributed by atoms with Crippen molar-refractivity contribution in [3.8, 4) is 0 Å². The fourth-order valence-electron chi connectivity index (χ4n) is 2.19. The van der Waals surface area contributed by atoms with Gasteiger partial charge >= 0.3 is 0 Å². The predicted octanol–water partition coefficient (Wildman–Crippen LogP) is 1.90. The predicted molar refractivity (Wildman–Crippen MR) is 92.5 cm³/mol. The number of rotatable bonds is 7. The summed E-state index contributed by atoms with van der Waals surface area (Å²) >= 11 is 1.63. The van der Waals surface area contributed by atoms with Crippen LogP contribution in [0.4, 0.5) is 0 Å². The van der Waals surface area contributed by atoms with Gasteiger partial charge in [0.1, 0.15) is 0 Å². The van der Waals surface area contributed by atoms with Crippen LogP contribution in [0.15, 0.2) is 47.2 Å². The zero-order valence-corrected chi connectivity index (χ0v) is 14.1. The molecular weight excluding hydrogens is 310 g/mol. The van der Waals surface area contributed by atoms with Crippen molar-refractivity contribution in [2.75, 3.05) is 27.2 Å². The fraction of sp³-hybridized carbons (Fsp3) is 0.294. The van der Waals surface area contributed by atoms with Crippen LogP contribution in [0.2, 0.25) is 0 Å². The summed E-state index contributed by atoms with van der Waals surface area (Å²) in [5.74, 6) is -0.445. The van der Waals surface area contributed by atoms with Crippen molar-refractivity contribution in [3.63, 3.8) is 0 Å². The number of hydrogen-bond donors (Lipinski definition) is 2. The number of carbonyl (C=O) groups excluding carboxylic acids is 2. The molecule has 0 saturated carbocycles. The van der Waals surface area contributed by atoms with Gasteiger partial charge in [0.2, 0.25) is 5.91 Å². The second-order valence-electron chi connectivity index (χ2n) is 5.39. The van der Waals surface area contributed by atoms with E-state index in [0.29, 0.717) is 12.1 Å². The monoisotopic (exact) mass is 331 g/mol. The zero-order chi connectivity index (χ0) is 16.7. The van der Waals surface area contributed by atoms with Gasteiger partial charge in [0.15, 0.2) is 0 Å². The van der Waals surface area contributed by atoms with Crippen molar-refractivity contribution in [1.82, 2.24) is 15.5 Å². The number of nitrogens with one attached hydrogen (secondary N) is 2. The molecule has 1 aromatic heterocycles. The second-order valence-corrected chi connectivity index (χ2v) is 6.17. The van der Waals surface area contributed by atoms with E-state index in [-0.39, 0.29) is 24.4 Å². The summed E-state index contributed by atoms with van der Waals surface area (Å²) in [5.41, 5.74) is 1.72. The van der Waals surface area contributed by atoms with Gasteiger partial charge in [0.25, 0.3) is 5.91 Å². The standard InChI is InChI=1S/C17H21N3O2S/c1-20(2)15(14-8-9-23-12-14)10-18-16(21)11-19-17(22)13-6-4-3-5-7-13/h3-9,12,15H,10-11H2,1-2H3,(H,18,21)(H,19,22)/t15-/m0/s1. The molecule has 0 aliphatic carbocycles. The van der Waals surface area contributed by atoms with Crippen molar-refractivity contribution in [2.24, 2.45) is 0 Å². The van der Waals surface area contributed by atoms with Gasteiger partial charge in [-0.05, 0) is 48.6 Å². The minimum Gasteiger partial charge on any atom is -0.353 e. The number of carbonyl (C=O) groups is 2. The largest absolute Gasteiger partial charge is 0.353 e. The molecule has 0 unspecified atom stereocenters. The first-order valence-corrected chi connectivity index (χ1v) is 8.30. The van der Waals surface area contributed by atoms with Crippen LogP contribution in [0.3, 0.4) is 0 Å². The summed E-state index contributed by atoms with van der Waals surface area (Å²) in [4.78, 5) is 25.9. The minimum absolute atomic E-state index is 0.0302. The van der Waals surface area contributed by atoms with Crippen molar-refractivity contribution in [1.29, 1.82) is 0 Å². The van der Waals surface area contributed by atoms with Crippen LogP contribution >= 0.6 is 11.3 Å². The maximum Gasteiger partial charge on any atom is 0.251 e. The van der Waals surface area contributed by atoms with Gasteiger partial charge < -0.3 is 15.5 Å². The maximum atomic E-state index is 11.9. The number of amides is 2. The van der Waals surface area contributed by atoms with Gasteiger partial charge in [-0.1, -0.05) is 18.2 Å². The van der Waals surface area contributed by atoms with Crippen LogP contribution in [0.5, 0.6) is 0 Å². The fourth-order valence-corrected chi connectivity index (χ4v) is 2.90. The van der Waals surface area contributed by atoms with Crippen molar-refractivity contribution < 1.29 is 9.59 Å². The number of benzene rings is 1. The molecule has 2 N–H and O–H groups in total. The van der Waals surface area contributed by atoms with Crippen molar-refractivity contribution in [2.45, 2.75) is 6.04 Å². The second kappa shape index (κ2) is 8.45. The first-order valence-electron chi connectivity index (χ1n) is 7.36. The Labute approximate surface area is 140 Å². The van der Waals surface area contributed by atoms with Gasteiger partial charge in [-0.15, -0.1) is 0 Å². The van der Waals surface area contributed by atoms with Crippen molar-refractivity contribution in [3.05, 3.63) is 58.3 Å². The Morgan fingerprint density at radius 1 is 1.13 bits per heavy atom. The lowest BCUT2D eigenvalue weighted by Gasteiger charge is -2.24. The molecule has 5 nitrogen and oxygen atoms in total. The molecule has 1 heterocycles. The van der Waals surface area contributed by atoms with Crippen LogP contribution in [0, 0.1) is 0 Å². The quantitative estimate of drug-likeness (QED) is 0.814. The Hall–Kier alpha value is -2.18. The van der Waals surface area contributed by atoms with E-state index in [2.05, 4.69) is 27.0 Å². The smallest absolute Gasteiger partial charge is 0.251 e. The summed E-state index contributed by atoms with van der Waals surface area (Å²) in [6.07, 6.45) is 0. The number of likely N-dealkylation sites (N-methyl/N-ethyl adjacent to an activating group) is 1. The number of hydrogen-bond acceptors (Lipinski definition) is 4. The van der Waals surface area contributed by atoms with Gasteiger partial charge in [0, 0.05) is 12.1 Å². The molecule has 0 aliphatic heterocycles. The molecule has 122 valence electrons. The Kier molecular flexibility index (Phi) is 6.31. The van der Waals surface area contributed by atoms with Gasteiger partial charge in [0.05, 0.1) is 12.6 Å². The molecule has 23 heavy (non-hydrogen) atoms. The van der Waals surface area contributed by atoms with Crippen LogP contribution in [0.25, 0.3) is 0 Å². The summed E-state index contributed by atoms with van der Waals surface area (Å²) < 4.78 is 0. The highest BCUT2D eigenvalue weighted by molar-refractivity contribution is 7.07. The van der Waals surface area contributed by atoms with Crippen LogP contribution in [-0.2, 0) is 4.79 Å². The molecule has 0 saturated heterocycles. The molecule has 2 rings (SSSR count). The molecule has 2 aromatic rings. The topological polar surface area (TPSA) is 61.4 Å². The minimum atomic E-state index is -0.247. The Morgan fingerprint density at radius 3 is 2.48 bits per heavy atom. The van der Waals surface area contributed by atoms with Crippen LogP contribution in [-0.4, -0.2) is 43.9 Å².